The Bertz CT molecular complexity index is 524. The lowest BCUT2D eigenvalue weighted by Crippen LogP contribution is -2.36. The molecule has 0 heterocycles. The van der Waals surface area contributed by atoms with Crippen LogP contribution < -0.4 is 11.1 Å². The number of amides is 1. The fraction of sp³-hybridized carbons (Fsp3) is 0.429. The van der Waals surface area contributed by atoms with Crippen LogP contribution in [0.3, 0.4) is 0 Å². The van der Waals surface area contributed by atoms with Crippen molar-refractivity contribution in [2.24, 2.45) is 11.1 Å². The molecule has 0 spiro atoms. The zero-order chi connectivity index (χ0) is 15.5. The molecule has 0 saturated carbocycles. The first-order chi connectivity index (χ1) is 9.11. The minimum Gasteiger partial charge on any atom is -0.481 e. The van der Waals surface area contributed by atoms with Crippen molar-refractivity contribution in [3.05, 3.63) is 28.8 Å². The van der Waals surface area contributed by atoms with Crippen LogP contribution in [-0.2, 0) is 4.79 Å². The summed E-state index contributed by atoms with van der Waals surface area (Å²) in [5, 5.41) is 12.4. The molecule has 110 valence electrons. The predicted molar refractivity (Wildman–Crippen MR) is 79.1 cm³/mol. The van der Waals surface area contributed by atoms with E-state index in [0.29, 0.717) is 16.3 Å². The minimum absolute atomic E-state index is 0.0304. The van der Waals surface area contributed by atoms with Gasteiger partial charge in [-0.15, -0.1) is 0 Å². The number of benzene rings is 1. The van der Waals surface area contributed by atoms with E-state index >= 15 is 0 Å². The maximum Gasteiger partial charge on any atom is 0.305 e. The number of carboxylic acids is 1. The second kappa shape index (κ2) is 6.13. The van der Waals surface area contributed by atoms with Crippen LogP contribution in [0.25, 0.3) is 0 Å². The third kappa shape index (κ3) is 4.42. The van der Waals surface area contributed by atoms with E-state index in [0.717, 1.165) is 0 Å². The molecule has 0 aromatic heterocycles. The summed E-state index contributed by atoms with van der Waals surface area (Å²) >= 11 is 6.09. The molecule has 0 aliphatic heterocycles. The Morgan fingerprint density at radius 2 is 2.00 bits per heavy atom. The van der Waals surface area contributed by atoms with Gasteiger partial charge in [0, 0.05) is 11.6 Å². The van der Waals surface area contributed by atoms with Gasteiger partial charge in [0.05, 0.1) is 17.1 Å². The van der Waals surface area contributed by atoms with Gasteiger partial charge in [-0.1, -0.05) is 32.4 Å². The first-order valence-electron chi connectivity index (χ1n) is 6.19. The summed E-state index contributed by atoms with van der Waals surface area (Å²) in [5.41, 5.74) is 5.81. The lowest BCUT2D eigenvalue weighted by Gasteiger charge is -2.31. The monoisotopic (exact) mass is 298 g/mol. The summed E-state index contributed by atoms with van der Waals surface area (Å²) < 4.78 is 0. The number of nitrogens with one attached hydrogen (secondary N) is 1. The van der Waals surface area contributed by atoms with Gasteiger partial charge in [0.15, 0.2) is 0 Å². The van der Waals surface area contributed by atoms with E-state index in [4.69, 9.17) is 22.4 Å². The third-order valence-electron chi connectivity index (χ3n) is 3.01. The van der Waals surface area contributed by atoms with Crippen molar-refractivity contribution in [1.29, 1.82) is 0 Å². The Labute approximate surface area is 123 Å². The molecule has 0 aliphatic rings. The summed E-state index contributed by atoms with van der Waals surface area (Å²) in [7, 11) is 0. The number of hydrogen-bond donors (Lipinski definition) is 3. The molecule has 1 unspecified atom stereocenters. The molecule has 20 heavy (non-hydrogen) atoms. The number of aliphatic carboxylic acids is 1. The molecule has 1 aromatic carbocycles. The fourth-order valence-corrected chi connectivity index (χ4v) is 1.96. The van der Waals surface area contributed by atoms with Gasteiger partial charge >= 0.3 is 5.97 Å². The van der Waals surface area contributed by atoms with Gasteiger partial charge < -0.3 is 16.2 Å². The van der Waals surface area contributed by atoms with Crippen molar-refractivity contribution in [3.8, 4) is 0 Å². The average Bonchev–Trinajstić information content (AvgIpc) is 2.28. The molecule has 0 radical (unpaired) electrons. The quantitative estimate of drug-likeness (QED) is 0.779. The van der Waals surface area contributed by atoms with Crippen molar-refractivity contribution in [2.45, 2.75) is 33.2 Å². The number of halogens is 1. The highest BCUT2D eigenvalue weighted by Crippen LogP contribution is 2.30. The van der Waals surface area contributed by atoms with Crippen molar-refractivity contribution in [3.63, 3.8) is 0 Å². The van der Waals surface area contributed by atoms with Gasteiger partial charge in [-0.2, -0.15) is 0 Å². The van der Waals surface area contributed by atoms with Crippen LogP contribution in [0, 0.1) is 5.41 Å². The topological polar surface area (TPSA) is 92.4 Å². The summed E-state index contributed by atoms with van der Waals surface area (Å²) in [6, 6.07) is 4.35. The van der Waals surface area contributed by atoms with Crippen molar-refractivity contribution < 1.29 is 14.7 Å². The lowest BCUT2D eigenvalue weighted by molar-refractivity contribution is -0.137. The molecule has 1 atom stereocenters. The van der Waals surface area contributed by atoms with Crippen LogP contribution in [0.15, 0.2) is 18.2 Å². The molecule has 0 aliphatic carbocycles. The van der Waals surface area contributed by atoms with Crippen LogP contribution in [0.5, 0.6) is 0 Å². The molecule has 5 nitrogen and oxygen atoms in total. The summed E-state index contributed by atoms with van der Waals surface area (Å²) in [6.07, 6.45) is -0.0304. The smallest absolute Gasteiger partial charge is 0.305 e. The standard InChI is InChI=1S/C14H19ClN2O3/c1-14(2,3)11(7-12(18)19)17-10-5-4-8(13(16)20)6-9(10)15/h4-6,11,17H,7H2,1-3H3,(H2,16,20)(H,18,19). The third-order valence-corrected chi connectivity index (χ3v) is 3.32. The van der Waals surface area contributed by atoms with Crippen molar-refractivity contribution >= 4 is 29.2 Å². The molecule has 0 saturated heterocycles. The molecule has 4 N–H and O–H groups in total. The average molecular weight is 299 g/mol. The van der Waals surface area contributed by atoms with Crippen molar-refractivity contribution in [2.75, 3.05) is 5.32 Å². The highest BCUT2D eigenvalue weighted by molar-refractivity contribution is 6.33. The maximum atomic E-state index is 11.1. The van der Waals surface area contributed by atoms with Crippen LogP contribution in [0.4, 0.5) is 5.69 Å². The van der Waals surface area contributed by atoms with E-state index in [1.807, 2.05) is 20.8 Å². The first-order valence-corrected chi connectivity index (χ1v) is 6.56. The van der Waals surface area contributed by atoms with Gasteiger partial charge in [-0.05, 0) is 23.6 Å². The molecule has 1 aromatic rings. The Morgan fingerprint density at radius 1 is 1.40 bits per heavy atom. The van der Waals surface area contributed by atoms with Crippen LogP contribution in [0.2, 0.25) is 5.02 Å². The van der Waals surface area contributed by atoms with Gasteiger partial charge in [-0.25, -0.2) is 0 Å². The highest BCUT2D eigenvalue weighted by Gasteiger charge is 2.27. The van der Waals surface area contributed by atoms with E-state index in [2.05, 4.69) is 5.32 Å². The number of rotatable bonds is 5. The molecule has 1 amide bonds. The normalized spacial score (nSPS) is 12.8. The Kier molecular flexibility index (Phi) is 5.00. The highest BCUT2D eigenvalue weighted by atomic mass is 35.5. The van der Waals surface area contributed by atoms with E-state index in [-0.39, 0.29) is 17.9 Å². The van der Waals surface area contributed by atoms with E-state index in [1.165, 1.54) is 6.07 Å². The summed E-state index contributed by atoms with van der Waals surface area (Å²) in [5.74, 6) is -1.45. The predicted octanol–water partition coefficient (Wildman–Crippen LogP) is 2.74. The molecule has 0 bridgehead atoms. The minimum atomic E-state index is -0.887. The number of primary amides is 1. The van der Waals surface area contributed by atoms with Crippen LogP contribution in [-0.4, -0.2) is 23.0 Å². The molecular weight excluding hydrogens is 280 g/mol. The Balaban J connectivity index is 3.00. The van der Waals surface area contributed by atoms with E-state index < -0.39 is 11.9 Å². The second-order valence-electron chi connectivity index (χ2n) is 5.72. The van der Waals surface area contributed by atoms with Crippen LogP contribution >= 0.6 is 11.6 Å². The number of nitrogens with two attached hydrogens (primary N) is 1. The number of carboxylic acid groups (broad SMARTS) is 1. The molecule has 6 heteroatoms. The Hall–Kier alpha value is -1.75. The lowest BCUT2D eigenvalue weighted by atomic mass is 9.84. The first kappa shape index (κ1) is 16.3. The number of carbonyl (C=O) groups excluding carboxylic acids is 1. The van der Waals surface area contributed by atoms with Crippen LogP contribution in [0.1, 0.15) is 37.6 Å². The van der Waals surface area contributed by atoms with E-state index in [9.17, 15) is 9.59 Å². The number of carbonyl (C=O) groups is 2. The Morgan fingerprint density at radius 3 is 2.40 bits per heavy atom. The fourth-order valence-electron chi connectivity index (χ4n) is 1.72. The van der Waals surface area contributed by atoms with Gasteiger partial charge in [0.2, 0.25) is 5.91 Å². The van der Waals surface area contributed by atoms with Crippen molar-refractivity contribution in [1.82, 2.24) is 0 Å². The zero-order valence-electron chi connectivity index (χ0n) is 11.7. The van der Waals surface area contributed by atoms with Gasteiger partial charge in [-0.3, -0.25) is 9.59 Å². The zero-order valence-corrected chi connectivity index (χ0v) is 12.5. The molecule has 1 rings (SSSR count). The second-order valence-corrected chi connectivity index (χ2v) is 6.13. The number of hydrogen-bond acceptors (Lipinski definition) is 3. The summed E-state index contributed by atoms with van der Waals surface area (Å²) in [6.45, 7) is 5.83. The summed E-state index contributed by atoms with van der Waals surface area (Å²) in [4.78, 5) is 22.0. The van der Waals surface area contributed by atoms with Gasteiger partial charge in [0.25, 0.3) is 0 Å². The number of anilines is 1. The SMILES string of the molecule is CC(C)(C)C(CC(=O)O)Nc1ccc(C(N)=O)cc1Cl. The van der Waals surface area contributed by atoms with E-state index in [1.54, 1.807) is 12.1 Å². The largest absolute Gasteiger partial charge is 0.481 e. The molecule has 0 fully saturated rings. The maximum absolute atomic E-state index is 11.1. The molecular formula is C14H19ClN2O3. The van der Waals surface area contributed by atoms with Gasteiger partial charge in [0.1, 0.15) is 0 Å².